The molecule has 0 spiro atoms. The Hall–Kier alpha value is -3.12. The minimum atomic E-state index is -0.351. The van der Waals surface area contributed by atoms with Crippen molar-refractivity contribution in [3.8, 4) is 11.1 Å². The van der Waals surface area contributed by atoms with Crippen molar-refractivity contribution in [2.24, 2.45) is 0 Å². The molecular formula is C21H19N3O3. The van der Waals surface area contributed by atoms with Crippen LogP contribution < -0.4 is 15.8 Å². The number of nitrogens with one attached hydrogen (secondary N) is 1. The normalized spacial score (nSPS) is 14.9. The molecule has 0 radical (unpaired) electrons. The smallest absolute Gasteiger partial charge is 0.344 e. The van der Waals surface area contributed by atoms with Crippen LogP contribution in [-0.4, -0.2) is 31.2 Å². The number of hydrogen-bond acceptors (Lipinski definition) is 6. The molecule has 5 rings (SSSR count). The van der Waals surface area contributed by atoms with Gasteiger partial charge in [0.15, 0.2) is 11.5 Å². The summed E-state index contributed by atoms with van der Waals surface area (Å²) in [5.74, 6) is 0.605. The third-order valence-electron chi connectivity index (χ3n) is 5.01. The lowest BCUT2D eigenvalue weighted by Gasteiger charge is -2.29. The summed E-state index contributed by atoms with van der Waals surface area (Å²) in [5.41, 5.74) is 4.07. The second-order valence-electron chi connectivity index (χ2n) is 6.82. The third-order valence-corrected chi connectivity index (χ3v) is 5.01. The lowest BCUT2D eigenvalue weighted by Crippen LogP contribution is -2.43. The first-order valence-corrected chi connectivity index (χ1v) is 9.08. The Bertz CT molecular complexity index is 1200. The highest BCUT2D eigenvalue weighted by atomic mass is 16.4. The Morgan fingerprint density at radius 3 is 2.70 bits per heavy atom. The molecule has 0 amide bonds. The Labute approximate surface area is 155 Å². The number of oxazole rings is 1. The molecule has 3 heterocycles. The van der Waals surface area contributed by atoms with Crippen LogP contribution in [-0.2, 0) is 0 Å². The van der Waals surface area contributed by atoms with Gasteiger partial charge in [-0.15, -0.1) is 0 Å². The molecule has 1 saturated heterocycles. The standard InChI is InChI=1S/C21H19N3O3/c1-13-23-18-5-3-14(11-20(18)26-13)17-10-15-2-4-16(12-19(15)27-21(17)25)24-8-6-22-7-9-24/h2-5,10-12,22H,6-9H2,1H3. The zero-order valence-corrected chi connectivity index (χ0v) is 15.0. The van der Waals surface area contributed by atoms with Crippen LogP contribution in [0.4, 0.5) is 5.69 Å². The summed E-state index contributed by atoms with van der Waals surface area (Å²) < 4.78 is 11.2. The maximum absolute atomic E-state index is 12.6. The molecule has 0 bridgehead atoms. The first-order valence-electron chi connectivity index (χ1n) is 9.08. The zero-order chi connectivity index (χ0) is 18.4. The molecule has 2 aromatic heterocycles. The van der Waals surface area contributed by atoms with E-state index >= 15 is 0 Å². The van der Waals surface area contributed by atoms with Crippen molar-refractivity contribution in [2.75, 3.05) is 31.1 Å². The quantitative estimate of drug-likeness (QED) is 0.552. The van der Waals surface area contributed by atoms with E-state index in [1.807, 2.05) is 36.4 Å². The summed E-state index contributed by atoms with van der Waals surface area (Å²) in [6, 6.07) is 13.5. The van der Waals surface area contributed by atoms with Gasteiger partial charge in [-0.2, -0.15) is 0 Å². The summed E-state index contributed by atoms with van der Waals surface area (Å²) in [5, 5.41) is 4.24. The van der Waals surface area contributed by atoms with Crippen LogP contribution >= 0.6 is 0 Å². The van der Waals surface area contributed by atoms with Crippen molar-refractivity contribution in [1.29, 1.82) is 0 Å². The summed E-state index contributed by atoms with van der Waals surface area (Å²) in [6.45, 7) is 5.63. The number of aryl methyl sites for hydroxylation is 1. The molecule has 1 aliphatic rings. The summed E-state index contributed by atoms with van der Waals surface area (Å²) in [4.78, 5) is 19.2. The fraction of sp³-hybridized carbons (Fsp3) is 0.238. The van der Waals surface area contributed by atoms with E-state index < -0.39 is 0 Å². The van der Waals surface area contributed by atoms with Gasteiger partial charge < -0.3 is 19.1 Å². The second kappa shape index (κ2) is 6.25. The number of piperazine rings is 1. The van der Waals surface area contributed by atoms with Gasteiger partial charge in [-0.3, -0.25) is 0 Å². The number of rotatable bonds is 2. The van der Waals surface area contributed by atoms with E-state index in [-0.39, 0.29) is 5.63 Å². The van der Waals surface area contributed by atoms with Crippen LogP contribution in [0.25, 0.3) is 33.2 Å². The number of nitrogens with zero attached hydrogens (tertiary/aromatic N) is 2. The number of benzene rings is 2. The summed E-state index contributed by atoms with van der Waals surface area (Å²) in [6.07, 6.45) is 0. The van der Waals surface area contributed by atoms with E-state index in [2.05, 4.69) is 21.3 Å². The SMILES string of the molecule is Cc1nc2ccc(-c3cc4ccc(N5CCNCC5)cc4oc3=O)cc2o1. The molecular weight excluding hydrogens is 342 g/mol. The van der Waals surface area contributed by atoms with E-state index in [9.17, 15) is 4.79 Å². The largest absolute Gasteiger partial charge is 0.441 e. The van der Waals surface area contributed by atoms with Gasteiger partial charge >= 0.3 is 5.63 Å². The fourth-order valence-corrected chi connectivity index (χ4v) is 3.63. The van der Waals surface area contributed by atoms with Crippen molar-refractivity contribution in [2.45, 2.75) is 6.92 Å². The molecule has 0 saturated carbocycles. The Morgan fingerprint density at radius 2 is 1.85 bits per heavy atom. The molecule has 0 aliphatic carbocycles. The van der Waals surface area contributed by atoms with E-state index in [4.69, 9.17) is 8.83 Å². The minimum Gasteiger partial charge on any atom is -0.441 e. The van der Waals surface area contributed by atoms with E-state index in [0.717, 1.165) is 48.3 Å². The van der Waals surface area contributed by atoms with Crippen molar-refractivity contribution in [3.05, 3.63) is 58.8 Å². The molecule has 136 valence electrons. The minimum absolute atomic E-state index is 0.351. The van der Waals surface area contributed by atoms with Crippen LogP contribution in [0.3, 0.4) is 0 Å². The first kappa shape index (κ1) is 16.1. The molecule has 2 aromatic carbocycles. The van der Waals surface area contributed by atoms with Gasteiger partial charge in [0.1, 0.15) is 11.1 Å². The molecule has 1 aliphatic heterocycles. The maximum atomic E-state index is 12.6. The number of anilines is 1. The fourth-order valence-electron chi connectivity index (χ4n) is 3.63. The van der Waals surface area contributed by atoms with Crippen LogP contribution in [0.2, 0.25) is 0 Å². The summed E-state index contributed by atoms with van der Waals surface area (Å²) >= 11 is 0. The average molecular weight is 361 g/mol. The topological polar surface area (TPSA) is 71.5 Å². The molecule has 1 N–H and O–H groups in total. The maximum Gasteiger partial charge on any atom is 0.344 e. The van der Waals surface area contributed by atoms with Crippen LogP contribution in [0.15, 0.2) is 56.1 Å². The van der Waals surface area contributed by atoms with Crippen molar-refractivity contribution < 1.29 is 8.83 Å². The monoisotopic (exact) mass is 361 g/mol. The molecule has 0 atom stereocenters. The number of aromatic nitrogens is 1. The number of fused-ring (bicyclic) bond motifs is 2. The highest BCUT2D eigenvalue weighted by Gasteiger charge is 2.14. The molecule has 6 heteroatoms. The van der Waals surface area contributed by atoms with Gasteiger partial charge in [-0.25, -0.2) is 9.78 Å². The summed E-state index contributed by atoms with van der Waals surface area (Å²) in [7, 11) is 0. The van der Waals surface area contributed by atoms with E-state index in [1.165, 1.54) is 0 Å². The van der Waals surface area contributed by atoms with Gasteiger partial charge in [-0.1, -0.05) is 6.07 Å². The zero-order valence-electron chi connectivity index (χ0n) is 15.0. The number of hydrogen-bond donors (Lipinski definition) is 1. The van der Waals surface area contributed by atoms with Crippen LogP contribution in [0.5, 0.6) is 0 Å². The lowest BCUT2D eigenvalue weighted by atomic mass is 10.1. The average Bonchev–Trinajstić information content (AvgIpc) is 3.07. The van der Waals surface area contributed by atoms with Gasteiger partial charge in [0, 0.05) is 50.2 Å². The molecule has 0 unspecified atom stereocenters. The van der Waals surface area contributed by atoms with Crippen LogP contribution in [0, 0.1) is 6.92 Å². The van der Waals surface area contributed by atoms with Gasteiger partial charge in [0.2, 0.25) is 0 Å². The Morgan fingerprint density at radius 1 is 1.00 bits per heavy atom. The second-order valence-corrected chi connectivity index (χ2v) is 6.82. The Balaban J connectivity index is 1.58. The van der Waals surface area contributed by atoms with Gasteiger partial charge in [-0.05, 0) is 35.9 Å². The van der Waals surface area contributed by atoms with E-state index in [0.29, 0.717) is 22.6 Å². The van der Waals surface area contributed by atoms with Crippen molar-refractivity contribution >= 4 is 27.8 Å². The molecule has 1 fully saturated rings. The lowest BCUT2D eigenvalue weighted by molar-refractivity contribution is 0.560. The predicted molar refractivity (Wildman–Crippen MR) is 105 cm³/mol. The predicted octanol–water partition coefficient (Wildman–Crippen LogP) is 3.32. The Kier molecular flexibility index (Phi) is 3.72. The van der Waals surface area contributed by atoms with Crippen molar-refractivity contribution in [3.63, 3.8) is 0 Å². The van der Waals surface area contributed by atoms with Gasteiger partial charge in [0.05, 0.1) is 5.56 Å². The molecule has 4 aromatic rings. The molecule has 6 nitrogen and oxygen atoms in total. The van der Waals surface area contributed by atoms with Gasteiger partial charge in [0.25, 0.3) is 0 Å². The van der Waals surface area contributed by atoms with Crippen molar-refractivity contribution in [1.82, 2.24) is 10.3 Å². The first-order chi connectivity index (χ1) is 13.2. The van der Waals surface area contributed by atoms with Crippen LogP contribution in [0.1, 0.15) is 5.89 Å². The van der Waals surface area contributed by atoms with E-state index in [1.54, 1.807) is 6.92 Å². The highest BCUT2D eigenvalue weighted by Crippen LogP contribution is 2.27. The highest BCUT2D eigenvalue weighted by molar-refractivity contribution is 5.86. The molecule has 27 heavy (non-hydrogen) atoms. The third kappa shape index (κ3) is 2.88.